The number of H-pyrrole nitrogens is 1. The van der Waals surface area contributed by atoms with Crippen molar-refractivity contribution in [1.82, 2.24) is 15.6 Å². The zero-order chi connectivity index (χ0) is 18.9. The van der Waals surface area contributed by atoms with Gasteiger partial charge in [-0.25, -0.2) is 0 Å². The lowest BCUT2D eigenvalue weighted by atomic mass is 10.1. The number of aromatic amines is 1. The van der Waals surface area contributed by atoms with E-state index in [0.717, 1.165) is 25.5 Å². The smallest absolute Gasteiger partial charge is 0.307 e. The van der Waals surface area contributed by atoms with Gasteiger partial charge in [-0.05, 0) is 51.3 Å². The molecule has 0 radical (unpaired) electrons. The average Bonchev–Trinajstić information content (AvgIpc) is 2.96. The maximum absolute atomic E-state index is 11.6. The van der Waals surface area contributed by atoms with Gasteiger partial charge in [-0.2, -0.15) is 0 Å². The molecule has 1 aromatic heterocycles. The van der Waals surface area contributed by atoms with Crippen molar-refractivity contribution in [3.8, 4) is 0 Å². The molecule has 0 saturated heterocycles. The van der Waals surface area contributed by atoms with Crippen molar-refractivity contribution in [1.29, 1.82) is 0 Å². The Labute approximate surface area is 178 Å². The summed E-state index contributed by atoms with van der Waals surface area (Å²) in [6, 6.07) is 6.46. The second-order valence-corrected chi connectivity index (χ2v) is 6.59. The molecule has 0 aliphatic heterocycles. The molecule has 7 heteroatoms. The van der Waals surface area contributed by atoms with E-state index in [0.29, 0.717) is 6.54 Å². The van der Waals surface area contributed by atoms with Crippen LogP contribution in [0, 0.1) is 6.92 Å². The Bertz CT molecular complexity index is 756. The van der Waals surface area contributed by atoms with Gasteiger partial charge in [0.2, 0.25) is 0 Å². The third kappa shape index (κ3) is 7.78. The number of fused-ring (bicyclic) bond motifs is 1. The van der Waals surface area contributed by atoms with Crippen LogP contribution in [-0.4, -0.2) is 42.7 Å². The second-order valence-electron chi connectivity index (χ2n) is 6.59. The maximum atomic E-state index is 11.6. The number of hydrogen-bond acceptors (Lipinski definition) is 3. The molecule has 0 atom stereocenters. The van der Waals surface area contributed by atoms with Crippen LogP contribution < -0.4 is 10.6 Å². The Kier molecular flexibility index (Phi) is 10.2. The van der Waals surface area contributed by atoms with Gasteiger partial charge in [0.15, 0.2) is 5.96 Å². The molecular formula is C20H31IN4O2. The number of hydrogen-bond donors (Lipinski definition) is 3. The Morgan fingerprint density at radius 1 is 1.30 bits per heavy atom. The molecule has 0 aliphatic rings. The molecule has 6 nitrogen and oxygen atoms in total. The average molecular weight is 486 g/mol. The number of aromatic nitrogens is 1. The van der Waals surface area contributed by atoms with Gasteiger partial charge in [0.05, 0.1) is 19.1 Å². The zero-order valence-electron chi connectivity index (χ0n) is 16.6. The molecule has 27 heavy (non-hydrogen) atoms. The van der Waals surface area contributed by atoms with Crippen molar-refractivity contribution < 1.29 is 9.53 Å². The summed E-state index contributed by atoms with van der Waals surface area (Å²) in [5.41, 5.74) is 3.70. The topological polar surface area (TPSA) is 78.5 Å². The van der Waals surface area contributed by atoms with Gasteiger partial charge in [-0.3, -0.25) is 9.79 Å². The Hall–Kier alpha value is -1.77. The Morgan fingerprint density at radius 3 is 2.78 bits per heavy atom. The Balaban J connectivity index is 0.00000364. The van der Waals surface area contributed by atoms with Crippen LogP contribution in [0.15, 0.2) is 29.4 Å². The molecule has 1 heterocycles. The van der Waals surface area contributed by atoms with E-state index in [1.165, 1.54) is 22.0 Å². The van der Waals surface area contributed by atoms with Crippen molar-refractivity contribution in [2.75, 3.05) is 19.6 Å². The molecule has 1 aromatic carbocycles. The van der Waals surface area contributed by atoms with Gasteiger partial charge in [-0.15, -0.1) is 24.0 Å². The lowest BCUT2D eigenvalue weighted by molar-refractivity contribution is -0.147. The number of ether oxygens (including phenoxy) is 1. The first kappa shape index (κ1) is 23.3. The van der Waals surface area contributed by atoms with Crippen LogP contribution >= 0.6 is 24.0 Å². The normalized spacial score (nSPS) is 11.4. The van der Waals surface area contributed by atoms with E-state index in [2.05, 4.69) is 51.9 Å². The van der Waals surface area contributed by atoms with E-state index >= 15 is 0 Å². The van der Waals surface area contributed by atoms with Gasteiger partial charge in [0, 0.05) is 30.2 Å². The molecule has 0 aliphatic carbocycles. The monoisotopic (exact) mass is 486 g/mol. The molecule has 0 fully saturated rings. The summed E-state index contributed by atoms with van der Waals surface area (Å²) in [6.07, 6.45) is 3.16. The number of aryl methyl sites for hydroxylation is 1. The predicted molar refractivity (Wildman–Crippen MR) is 122 cm³/mol. The number of guanidine groups is 1. The molecule has 150 valence electrons. The van der Waals surface area contributed by atoms with E-state index in [9.17, 15) is 4.79 Å². The van der Waals surface area contributed by atoms with Crippen molar-refractivity contribution in [2.45, 2.75) is 46.6 Å². The molecule has 0 unspecified atom stereocenters. The van der Waals surface area contributed by atoms with Crippen LogP contribution in [0.2, 0.25) is 0 Å². The lowest BCUT2D eigenvalue weighted by Gasteiger charge is -2.11. The molecule has 2 rings (SSSR count). The summed E-state index contributed by atoms with van der Waals surface area (Å²) in [5, 5.41) is 7.78. The standard InChI is InChI=1S/C20H30N4O2.HI/c1-5-21-20(23-11-9-19(25)26-14(2)3)22-10-8-16-13-24-18-12-15(4)6-7-17(16)18;/h6-7,12-14,24H,5,8-11H2,1-4H3,(H2,21,22,23);1H. The SMILES string of the molecule is CCNC(=NCCC(=O)OC(C)C)NCCc1c[nH]c2cc(C)ccc12.I. The highest BCUT2D eigenvalue weighted by atomic mass is 127. The summed E-state index contributed by atoms with van der Waals surface area (Å²) >= 11 is 0. The quantitative estimate of drug-likeness (QED) is 0.231. The highest BCUT2D eigenvalue weighted by molar-refractivity contribution is 14.0. The first-order valence-corrected chi connectivity index (χ1v) is 9.28. The van der Waals surface area contributed by atoms with Gasteiger partial charge < -0.3 is 20.4 Å². The van der Waals surface area contributed by atoms with Gasteiger partial charge in [-0.1, -0.05) is 12.1 Å². The number of rotatable bonds is 8. The number of aliphatic imine (C=N–C) groups is 1. The van der Waals surface area contributed by atoms with Crippen LogP contribution in [0.1, 0.15) is 38.3 Å². The first-order valence-electron chi connectivity index (χ1n) is 9.28. The number of benzene rings is 1. The van der Waals surface area contributed by atoms with Crippen LogP contribution in [0.25, 0.3) is 10.9 Å². The van der Waals surface area contributed by atoms with Crippen LogP contribution in [0.4, 0.5) is 0 Å². The number of carbonyl (C=O) groups is 1. The lowest BCUT2D eigenvalue weighted by Crippen LogP contribution is -2.38. The first-order chi connectivity index (χ1) is 12.5. The van der Waals surface area contributed by atoms with Gasteiger partial charge in [0.25, 0.3) is 0 Å². The summed E-state index contributed by atoms with van der Waals surface area (Å²) in [6.45, 7) is 9.76. The minimum absolute atomic E-state index is 0. The van der Waals surface area contributed by atoms with Crippen LogP contribution in [0.3, 0.4) is 0 Å². The van der Waals surface area contributed by atoms with Gasteiger partial charge in [0.1, 0.15) is 0 Å². The maximum Gasteiger partial charge on any atom is 0.307 e. The number of nitrogens with one attached hydrogen (secondary N) is 3. The van der Waals surface area contributed by atoms with E-state index in [1.807, 2.05) is 20.8 Å². The fraction of sp³-hybridized carbons (Fsp3) is 0.500. The number of halogens is 1. The molecule has 2 aromatic rings. The summed E-state index contributed by atoms with van der Waals surface area (Å²) in [4.78, 5) is 19.3. The van der Waals surface area contributed by atoms with E-state index in [4.69, 9.17) is 4.74 Å². The van der Waals surface area contributed by atoms with Crippen molar-refractivity contribution in [3.63, 3.8) is 0 Å². The Morgan fingerprint density at radius 2 is 2.07 bits per heavy atom. The highest BCUT2D eigenvalue weighted by Gasteiger charge is 2.06. The molecule has 3 N–H and O–H groups in total. The highest BCUT2D eigenvalue weighted by Crippen LogP contribution is 2.19. The molecule has 0 amide bonds. The van der Waals surface area contributed by atoms with E-state index in [-0.39, 0.29) is 42.5 Å². The van der Waals surface area contributed by atoms with E-state index < -0.39 is 0 Å². The molecular weight excluding hydrogens is 455 g/mol. The molecule has 0 saturated carbocycles. The minimum Gasteiger partial charge on any atom is -0.463 e. The summed E-state index contributed by atoms with van der Waals surface area (Å²) in [7, 11) is 0. The fourth-order valence-electron chi connectivity index (χ4n) is 2.75. The molecule has 0 spiro atoms. The summed E-state index contributed by atoms with van der Waals surface area (Å²) in [5.74, 6) is 0.509. The molecule has 0 bridgehead atoms. The predicted octanol–water partition coefficient (Wildman–Crippen LogP) is 3.53. The number of nitrogens with zero attached hydrogens (tertiary/aromatic N) is 1. The number of esters is 1. The van der Waals surface area contributed by atoms with Gasteiger partial charge >= 0.3 is 5.97 Å². The van der Waals surface area contributed by atoms with E-state index in [1.54, 1.807) is 0 Å². The van der Waals surface area contributed by atoms with Crippen molar-refractivity contribution in [2.24, 2.45) is 4.99 Å². The third-order valence-corrected chi connectivity index (χ3v) is 3.91. The number of carbonyl (C=O) groups excluding carboxylic acids is 1. The second kappa shape index (κ2) is 11.8. The van der Waals surface area contributed by atoms with Crippen molar-refractivity contribution >= 4 is 46.8 Å². The third-order valence-electron chi connectivity index (χ3n) is 3.91. The largest absolute Gasteiger partial charge is 0.463 e. The van der Waals surface area contributed by atoms with Crippen LogP contribution in [-0.2, 0) is 16.0 Å². The minimum atomic E-state index is -0.214. The van der Waals surface area contributed by atoms with Crippen molar-refractivity contribution in [3.05, 3.63) is 35.5 Å². The fourth-order valence-corrected chi connectivity index (χ4v) is 2.75. The summed E-state index contributed by atoms with van der Waals surface area (Å²) < 4.78 is 5.12. The zero-order valence-corrected chi connectivity index (χ0v) is 18.9. The van der Waals surface area contributed by atoms with Crippen LogP contribution in [0.5, 0.6) is 0 Å².